The Morgan fingerprint density at radius 3 is 2.81 bits per heavy atom. The van der Waals surface area contributed by atoms with Crippen LogP contribution < -0.4 is 10.0 Å². The maximum atomic E-state index is 12.5. The van der Waals surface area contributed by atoms with E-state index in [0.717, 1.165) is 35.3 Å². The molecule has 2 aromatic rings. The molecule has 0 fully saturated rings. The van der Waals surface area contributed by atoms with Crippen molar-refractivity contribution in [1.82, 2.24) is 15.5 Å². The zero-order valence-electron chi connectivity index (χ0n) is 12.0. The van der Waals surface area contributed by atoms with Crippen LogP contribution in [0.3, 0.4) is 0 Å². The first-order valence-electron chi connectivity index (χ1n) is 6.84. The Morgan fingerprint density at radius 1 is 1.24 bits per heavy atom. The molecule has 0 atom stereocenters. The Labute approximate surface area is 124 Å². The lowest BCUT2D eigenvalue weighted by Gasteiger charge is -2.14. The Bertz CT molecular complexity index is 780. The number of fused-ring (bicyclic) bond motifs is 1. The van der Waals surface area contributed by atoms with E-state index in [1.54, 1.807) is 12.1 Å². The van der Waals surface area contributed by atoms with Crippen molar-refractivity contribution in [3.05, 3.63) is 40.6 Å². The largest absolute Gasteiger partial charge is 0.312 e. The van der Waals surface area contributed by atoms with Gasteiger partial charge in [0.05, 0.1) is 4.90 Å². The number of hydrogen-bond donors (Lipinski definition) is 3. The van der Waals surface area contributed by atoms with Crippen LogP contribution >= 0.6 is 0 Å². The Balaban J connectivity index is 1.92. The molecule has 3 N–H and O–H groups in total. The van der Waals surface area contributed by atoms with Crippen molar-refractivity contribution in [2.24, 2.45) is 0 Å². The van der Waals surface area contributed by atoms with Crippen LogP contribution in [0.4, 0.5) is 5.82 Å². The molecule has 0 aliphatic carbocycles. The van der Waals surface area contributed by atoms with Crippen LogP contribution in [-0.4, -0.2) is 25.2 Å². The molecule has 0 unspecified atom stereocenters. The van der Waals surface area contributed by atoms with Gasteiger partial charge in [-0.05, 0) is 37.1 Å². The number of H-pyrrole nitrogens is 1. The van der Waals surface area contributed by atoms with Gasteiger partial charge in [0.15, 0.2) is 5.82 Å². The molecule has 1 aromatic heterocycles. The van der Waals surface area contributed by atoms with Gasteiger partial charge < -0.3 is 5.32 Å². The van der Waals surface area contributed by atoms with Gasteiger partial charge in [-0.1, -0.05) is 6.07 Å². The zero-order chi connectivity index (χ0) is 15.0. The standard InChI is InChI=1S/C14H18N4O2S/c1-9-3-4-11(7-10(9)2)21(19,20)18-14-12-8-15-6-5-13(12)16-17-14/h3-4,7,15H,5-6,8H2,1-2H3,(H2,16,17,18). The molecule has 0 spiro atoms. The van der Waals surface area contributed by atoms with Crippen LogP contribution in [0.5, 0.6) is 0 Å². The first-order chi connectivity index (χ1) is 9.97. The van der Waals surface area contributed by atoms with Crippen LogP contribution in [0.25, 0.3) is 0 Å². The Kier molecular flexibility index (Phi) is 3.46. The molecule has 1 aliphatic rings. The molecule has 7 heteroatoms. The fourth-order valence-electron chi connectivity index (χ4n) is 2.38. The minimum Gasteiger partial charge on any atom is -0.312 e. The van der Waals surface area contributed by atoms with Crippen LogP contribution in [0.15, 0.2) is 23.1 Å². The number of aromatic nitrogens is 2. The molecule has 0 amide bonds. The normalized spacial score (nSPS) is 14.8. The summed E-state index contributed by atoms with van der Waals surface area (Å²) >= 11 is 0. The summed E-state index contributed by atoms with van der Waals surface area (Å²) < 4.78 is 27.5. The number of anilines is 1. The minimum absolute atomic E-state index is 0.256. The summed E-state index contributed by atoms with van der Waals surface area (Å²) in [5.41, 5.74) is 3.90. The fraction of sp³-hybridized carbons (Fsp3) is 0.357. The highest BCUT2D eigenvalue weighted by atomic mass is 32.2. The number of nitrogens with zero attached hydrogens (tertiary/aromatic N) is 1. The molecule has 112 valence electrons. The highest BCUT2D eigenvalue weighted by Gasteiger charge is 2.22. The summed E-state index contributed by atoms with van der Waals surface area (Å²) in [5.74, 6) is 0.385. The van der Waals surface area contributed by atoms with Crippen molar-refractivity contribution in [1.29, 1.82) is 0 Å². The average molecular weight is 306 g/mol. The van der Waals surface area contributed by atoms with Gasteiger partial charge in [-0.3, -0.25) is 9.82 Å². The van der Waals surface area contributed by atoms with Gasteiger partial charge in [-0.2, -0.15) is 5.10 Å². The second kappa shape index (κ2) is 5.16. The molecule has 0 saturated carbocycles. The maximum absolute atomic E-state index is 12.5. The third-order valence-corrected chi connectivity index (χ3v) is 5.16. The van der Waals surface area contributed by atoms with Gasteiger partial charge >= 0.3 is 0 Å². The third kappa shape index (κ3) is 2.66. The Hall–Kier alpha value is -1.86. The van der Waals surface area contributed by atoms with Gasteiger partial charge in [-0.15, -0.1) is 0 Å². The van der Waals surface area contributed by atoms with Crippen molar-refractivity contribution in [2.75, 3.05) is 11.3 Å². The molecule has 0 saturated heterocycles. The lowest BCUT2D eigenvalue weighted by atomic mass is 10.1. The van der Waals surface area contributed by atoms with E-state index in [9.17, 15) is 8.42 Å². The third-order valence-electron chi connectivity index (χ3n) is 3.83. The second-order valence-corrected chi connectivity index (χ2v) is 6.99. The summed E-state index contributed by atoms with van der Waals surface area (Å²) in [4.78, 5) is 0.256. The average Bonchev–Trinajstić information content (AvgIpc) is 2.85. The predicted molar refractivity (Wildman–Crippen MR) is 80.7 cm³/mol. The molecule has 21 heavy (non-hydrogen) atoms. The monoisotopic (exact) mass is 306 g/mol. The first-order valence-corrected chi connectivity index (χ1v) is 8.32. The number of hydrogen-bond acceptors (Lipinski definition) is 4. The number of rotatable bonds is 3. The van der Waals surface area contributed by atoms with Crippen molar-refractivity contribution in [3.63, 3.8) is 0 Å². The summed E-state index contributed by atoms with van der Waals surface area (Å²) in [6.45, 7) is 5.35. The van der Waals surface area contributed by atoms with E-state index in [2.05, 4.69) is 20.2 Å². The SMILES string of the molecule is Cc1ccc(S(=O)(=O)Nc2n[nH]c3c2CNCC3)cc1C. The lowest BCUT2D eigenvalue weighted by molar-refractivity contribution is 0.600. The van der Waals surface area contributed by atoms with Crippen molar-refractivity contribution in [3.8, 4) is 0 Å². The molecule has 0 bridgehead atoms. The van der Waals surface area contributed by atoms with E-state index < -0.39 is 10.0 Å². The smallest absolute Gasteiger partial charge is 0.263 e. The highest BCUT2D eigenvalue weighted by molar-refractivity contribution is 7.92. The maximum Gasteiger partial charge on any atom is 0.263 e. The van der Waals surface area contributed by atoms with E-state index in [1.807, 2.05) is 19.9 Å². The number of aromatic amines is 1. The Morgan fingerprint density at radius 2 is 2.05 bits per heavy atom. The molecular weight excluding hydrogens is 288 g/mol. The van der Waals surface area contributed by atoms with Crippen LogP contribution in [0.2, 0.25) is 0 Å². The molecule has 1 aliphatic heterocycles. The van der Waals surface area contributed by atoms with Gasteiger partial charge in [0.25, 0.3) is 10.0 Å². The first kappa shape index (κ1) is 14.1. The summed E-state index contributed by atoms with van der Waals surface area (Å²) in [5, 5.41) is 10.2. The van der Waals surface area contributed by atoms with E-state index >= 15 is 0 Å². The predicted octanol–water partition coefficient (Wildman–Crippen LogP) is 1.47. The topological polar surface area (TPSA) is 86.9 Å². The van der Waals surface area contributed by atoms with Gasteiger partial charge in [0.2, 0.25) is 0 Å². The highest BCUT2D eigenvalue weighted by Crippen LogP contribution is 2.23. The zero-order valence-corrected chi connectivity index (χ0v) is 12.8. The second-order valence-electron chi connectivity index (χ2n) is 5.31. The number of sulfonamides is 1. The summed E-state index contributed by atoms with van der Waals surface area (Å²) in [7, 11) is -3.62. The van der Waals surface area contributed by atoms with Crippen molar-refractivity contribution in [2.45, 2.75) is 31.7 Å². The lowest BCUT2D eigenvalue weighted by Crippen LogP contribution is -2.24. The number of aryl methyl sites for hydroxylation is 2. The van der Waals surface area contributed by atoms with Crippen LogP contribution in [0.1, 0.15) is 22.4 Å². The van der Waals surface area contributed by atoms with Crippen molar-refractivity contribution >= 4 is 15.8 Å². The number of benzene rings is 1. The summed E-state index contributed by atoms with van der Waals surface area (Å²) in [6.07, 6.45) is 0.827. The van der Waals surface area contributed by atoms with Crippen molar-refractivity contribution < 1.29 is 8.42 Å². The molecule has 1 aromatic carbocycles. The molecular formula is C14H18N4O2S. The number of nitrogens with one attached hydrogen (secondary N) is 3. The van der Waals surface area contributed by atoms with Gasteiger partial charge in [-0.25, -0.2) is 8.42 Å². The van der Waals surface area contributed by atoms with Gasteiger partial charge in [0, 0.05) is 30.8 Å². The molecule has 2 heterocycles. The quantitative estimate of drug-likeness (QED) is 0.801. The minimum atomic E-state index is -3.62. The summed E-state index contributed by atoms with van der Waals surface area (Å²) in [6, 6.07) is 5.10. The van der Waals surface area contributed by atoms with E-state index in [1.165, 1.54) is 0 Å². The van der Waals surface area contributed by atoms with E-state index in [4.69, 9.17) is 0 Å². The van der Waals surface area contributed by atoms with Crippen LogP contribution in [0, 0.1) is 13.8 Å². The molecule has 0 radical (unpaired) electrons. The fourth-order valence-corrected chi connectivity index (χ4v) is 3.50. The van der Waals surface area contributed by atoms with E-state index in [-0.39, 0.29) is 4.90 Å². The molecule has 3 rings (SSSR count). The van der Waals surface area contributed by atoms with Gasteiger partial charge in [0.1, 0.15) is 0 Å². The molecule has 6 nitrogen and oxygen atoms in total. The van der Waals surface area contributed by atoms with Crippen LogP contribution in [-0.2, 0) is 23.0 Å². The van der Waals surface area contributed by atoms with E-state index in [0.29, 0.717) is 12.4 Å².